The smallest absolute Gasteiger partial charge is 0.353 e. The molecule has 0 bridgehead atoms. The Morgan fingerprint density at radius 3 is 2.41 bits per heavy atom. The van der Waals surface area contributed by atoms with Gasteiger partial charge in [0.1, 0.15) is 5.60 Å². The van der Waals surface area contributed by atoms with Gasteiger partial charge < -0.3 is 9.94 Å². The van der Waals surface area contributed by atoms with E-state index in [0.717, 1.165) is 25.7 Å². The summed E-state index contributed by atoms with van der Waals surface area (Å²) < 4.78 is 0. The normalized spacial score (nSPS) is 33.4. The molecule has 1 spiro atoms. The first kappa shape index (κ1) is 12.4. The fraction of sp³-hybridized carbons (Fsp3) is 0.846. The number of nitrogens with zero attached hydrogens (tertiary/aromatic N) is 1. The first-order valence-electron chi connectivity index (χ1n) is 6.31. The minimum absolute atomic E-state index is 0.180. The molecule has 96 valence electrons. The highest BCUT2D eigenvalue weighted by Crippen LogP contribution is 2.45. The topological polar surface area (TPSA) is 58.9 Å². The summed E-state index contributed by atoms with van der Waals surface area (Å²) in [6, 6.07) is 0. The molecule has 1 saturated carbocycles. The molecule has 1 N–H and O–H groups in total. The van der Waals surface area contributed by atoms with Crippen molar-refractivity contribution in [3.8, 4) is 0 Å². The SMILES string of the molecule is CC(C)(C)[C@H]1CC[C@@]2(CC1)CC(C(=O)O)=NO2. The molecule has 1 heterocycles. The zero-order valence-corrected chi connectivity index (χ0v) is 10.8. The van der Waals surface area contributed by atoms with E-state index >= 15 is 0 Å². The number of oxime groups is 1. The summed E-state index contributed by atoms with van der Waals surface area (Å²) >= 11 is 0. The Kier molecular flexibility index (Phi) is 2.92. The van der Waals surface area contributed by atoms with Crippen molar-refractivity contribution in [1.82, 2.24) is 0 Å². The molecule has 0 atom stereocenters. The monoisotopic (exact) mass is 239 g/mol. The molecule has 0 aromatic rings. The van der Waals surface area contributed by atoms with Crippen molar-refractivity contribution >= 4 is 11.7 Å². The second-order valence-electron chi connectivity index (χ2n) is 6.43. The minimum atomic E-state index is -0.945. The number of hydrogen-bond acceptors (Lipinski definition) is 3. The lowest BCUT2D eigenvalue weighted by atomic mass is 9.67. The second kappa shape index (κ2) is 4.00. The van der Waals surface area contributed by atoms with Gasteiger partial charge in [-0.05, 0) is 37.0 Å². The molecule has 1 aliphatic carbocycles. The molecule has 2 rings (SSSR count). The zero-order chi connectivity index (χ0) is 12.7. The predicted octanol–water partition coefficient (Wildman–Crippen LogP) is 2.82. The molecule has 0 amide bonds. The maximum atomic E-state index is 10.8. The highest BCUT2D eigenvalue weighted by atomic mass is 16.7. The Bertz CT molecular complexity index is 346. The lowest BCUT2D eigenvalue weighted by molar-refractivity contribution is -0.129. The van der Waals surface area contributed by atoms with Crippen molar-refractivity contribution in [3.63, 3.8) is 0 Å². The van der Waals surface area contributed by atoms with Gasteiger partial charge >= 0.3 is 5.97 Å². The third-order valence-corrected chi connectivity index (χ3v) is 4.21. The summed E-state index contributed by atoms with van der Waals surface area (Å²) in [6.07, 6.45) is 4.53. The highest BCUT2D eigenvalue weighted by Gasteiger charge is 2.45. The van der Waals surface area contributed by atoms with Crippen LogP contribution in [0.3, 0.4) is 0 Å². The molecule has 0 unspecified atom stereocenters. The summed E-state index contributed by atoms with van der Waals surface area (Å²) in [7, 11) is 0. The number of aliphatic carboxylic acids is 1. The van der Waals surface area contributed by atoms with Gasteiger partial charge in [0.25, 0.3) is 0 Å². The van der Waals surface area contributed by atoms with Crippen molar-refractivity contribution in [2.24, 2.45) is 16.5 Å². The van der Waals surface area contributed by atoms with Crippen LogP contribution < -0.4 is 0 Å². The van der Waals surface area contributed by atoms with Crippen molar-refractivity contribution in [3.05, 3.63) is 0 Å². The fourth-order valence-electron chi connectivity index (χ4n) is 2.91. The van der Waals surface area contributed by atoms with Crippen molar-refractivity contribution < 1.29 is 14.7 Å². The Balaban J connectivity index is 1.95. The van der Waals surface area contributed by atoms with Gasteiger partial charge in [-0.15, -0.1) is 0 Å². The Hall–Kier alpha value is -1.06. The quantitative estimate of drug-likeness (QED) is 0.765. The summed E-state index contributed by atoms with van der Waals surface area (Å²) in [5, 5.41) is 12.6. The molecular formula is C13H21NO3. The Morgan fingerprint density at radius 1 is 1.41 bits per heavy atom. The molecule has 2 aliphatic rings. The lowest BCUT2D eigenvalue weighted by Crippen LogP contribution is -2.38. The molecule has 4 heteroatoms. The van der Waals surface area contributed by atoms with Crippen LogP contribution in [0.5, 0.6) is 0 Å². The van der Waals surface area contributed by atoms with Crippen molar-refractivity contribution in [1.29, 1.82) is 0 Å². The van der Waals surface area contributed by atoms with E-state index in [2.05, 4.69) is 25.9 Å². The fourth-order valence-corrected chi connectivity index (χ4v) is 2.91. The first-order chi connectivity index (χ1) is 7.82. The van der Waals surface area contributed by atoms with Crippen LogP contribution in [0.15, 0.2) is 5.16 Å². The second-order valence-corrected chi connectivity index (χ2v) is 6.43. The average Bonchev–Trinajstić information content (AvgIpc) is 2.62. The lowest BCUT2D eigenvalue weighted by Gasteiger charge is -2.40. The van der Waals surface area contributed by atoms with Gasteiger partial charge in [0, 0.05) is 6.42 Å². The summed E-state index contributed by atoms with van der Waals surface area (Å²) in [5.41, 5.74) is 0.200. The molecule has 1 aliphatic heterocycles. The van der Waals surface area contributed by atoms with E-state index in [1.807, 2.05) is 0 Å². The molecule has 4 nitrogen and oxygen atoms in total. The van der Waals surface area contributed by atoms with Crippen LogP contribution in [0.2, 0.25) is 0 Å². The van der Waals surface area contributed by atoms with Crippen molar-refractivity contribution in [2.45, 2.75) is 58.5 Å². The van der Waals surface area contributed by atoms with Crippen LogP contribution in [0.1, 0.15) is 52.9 Å². The van der Waals surface area contributed by atoms with Gasteiger partial charge in [-0.2, -0.15) is 0 Å². The van der Waals surface area contributed by atoms with Crippen molar-refractivity contribution in [2.75, 3.05) is 0 Å². The van der Waals surface area contributed by atoms with Crippen LogP contribution in [-0.2, 0) is 9.63 Å². The van der Waals surface area contributed by atoms with E-state index in [4.69, 9.17) is 9.94 Å². The van der Waals surface area contributed by atoms with Crippen LogP contribution in [0, 0.1) is 11.3 Å². The summed E-state index contributed by atoms with van der Waals surface area (Å²) in [6.45, 7) is 6.80. The average molecular weight is 239 g/mol. The summed E-state index contributed by atoms with van der Waals surface area (Å²) in [4.78, 5) is 16.3. The number of rotatable bonds is 1. The van der Waals surface area contributed by atoms with Gasteiger partial charge in [0.05, 0.1) is 0 Å². The number of carboxylic acids is 1. The standard InChI is InChI=1S/C13H21NO3/c1-12(2,3)9-4-6-13(7-5-9)8-10(11(15)16)14-17-13/h9H,4-8H2,1-3H3,(H,15,16)/t9-,13+. The van der Waals surface area contributed by atoms with Gasteiger partial charge in [-0.3, -0.25) is 0 Å². The van der Waals surface area contributed by atoms with E-state index in [-0.39, 0.29) is 11.3 Å². The molecular weight excluding hydrogens is 218 g/mol. The van der Waals surface area contributed by atoms with E-state index in [1.54, 1.807) is 0 Å². The zero-order valence-electron chi connectivity index (χ0n) is 10.8. The van der Waals surface area contributed by atoms with E-state index < -0.39 is 5.97 Å². The van der Waals surface area contributed by atoms with Gasteiger partial charge in [0.15, 0.2) is 5.71 Å². The maximum absolute atomic E-state index is 10.8. The van der Waals surface area contributed by atoms with Crippen LogP contribution in [-0.4, -0.2) is 22.4 Å². The number of carboxylic acid groups (broad SMARTS) is 1. The Labute approximate surface area is 102 Å². The Morgan fingerprint density at radius 2 is 2.00 bits per heavy atom. The van der Waals surface area contributed by atoms with Gasteiger partial charge in [-0.25, -0.2) is 4.79 Å². The number of carbonyl (C=O) groups is 1. The predicted molar refractivity (Wildman–Crippen MR) is 64.9 cm³/mol. The first-order valence-corrected chi connectivity index (χ1v) is 6.31. The molecule has 0 aromatic heterocycles. The largest absolute Gasteiger partial charge is 0.477 e. The van der Waals surface area contributed by atoms with Crippen LogP contribution in [0.4, 0.5) is 0 Å². The van der Waals surface area contributed by atoms with Gasteiger partial charge in [-0.1, -0.05) is 25.9 Å². The third kappa shape index (κ3) is 2.45. The maximum Gasteiger partial charge on any atom is 0.353 e. The molecule has 17 heavy (non-hydrogen) atoms. The molecule has 1 fully saturated rings. The minimum Gasteiger partial charge on any atom is -0.477 e. The van der Waals surface area contributed by atoms with E-state index in [9.17, 15) is 4.79 Å². The molecule has 0 saturated heterocycles. The van der Waals surface area contributed by atoms with Crippen LogP contribution >= 0.6 is 0 Å². The third-order valence-electron chi connectivity index (χ3n) is 4.21. The highest BCUT2D eigenvalue weighted by molar-refractivity contribution is 6.36. The van der Waals surface area contributed by atoms with E-state index in [0.29, 0.717) is 17.8 Å². The summed E-state index contributed by atoms with van der Waals surface area (Å²) in [5.74, 6) is -0.245. The van der Waals surface area contributed by atoms with E-state index in [1.165, 1.54) is 0 Å². The van der Waals surface area contributed by atoms with Crippen LogP contribution in [0.25, 0.3) is 0 Å². The number of hydrogen-bond donors (Lipinski definition) is 1. The van der Waals surface area contributed by atoms with Gasteiger partial charge in [0.2, 0.25) is 0 Å². The molecule has 0 radical (unpaired) electrons. The molecule has 0 aromatic carbocycles.